The van der Waals surface area contributed by atoms with Gasteiger partial charge in [0.15, 0.2) is 5.78 Å². The predicted octanol–water partition coefficient (Wildman–Crippen LogP) is 6.05. The number of ketones is 1. The second kappa shape index (κ2) is 11.7. The monoisotopic (exact) mass is 497 g/mol. The van der Waals surface area contributed by atoms with Gasteiger partial charge in [0.05, 0.1) is 11.6 Å². The molecule has 186 valence electrons. The Balaban J connectivity index is 1.36. The number of rotatable bonds is 9. The smallest absolute Gasteiger partial charge is 0.324 e. The topological polar surface area (TPSA) is 108 Å². The molecule has 4 aromatic rings. The molecule has 2 amide bonds. The number of hydrogen-bond acceptors (Lipinski definition) is 4. The van der Waals surface area contributed by atoms with Crippen LogP contribution in [0.1, 0.15) is 22.3 Å². The zero-order valence-electron chi connectivity index (χ0n) is 19.7. The third kappa shape index (κ3) is 6.85. The molecule has 3 N–H and O–H groups in total. The summed E-state index contributed by atoms with van der Waals surface area (Å²) in [5, 5.41) is 14.5. The first-order valence-corrected chi connectivity index (χ1v) is 11.6. The van der Waals surface area contributed by atoms with Crippen molar-refractivity contribution in [2.45, 2.75) is 12.8 Å². The van der Waals surface area contributed by atoms with E-state index in [9.17, 15) is 23.9 Å². The number of hydrogen-bond donors (Lipinski definition) is 3. The first-order chi connectivity index (χ1) is 17.9. The highest BCUT2D eigenvalue weighted by Crippen LogP contribution is 2.22. The molecule has 1 atom stereocenters. The van der Waals surface area contributed by atoms with Crippen LogP contribution in [0.5, 0.6) is 0 Å². The van der Waals surface area contributed by atoms with Crippen LogP contribution in [-0.4, -0.2) is 27.9 Å². The summed E-state index contributed by atoms with van der Waals surface area (Å²) in [7, 11) is 0. The van der Waals surface area contributed by atoms with Gasteiger partial charge in [-0.2, -0.15) is 0 Å². The number of aromatic nitrogens is 1. The number of carbonyl (C=O) groups excluding carboxylic acids is 2. The Morgan fingerprint density at radius 1 is 0.811 bits per heavy atom. The highest BCUT2D eigenvalue weighted by atomic mass is 19.1. The zero-order chi connectivity index (χ0) is 26.2. The number of urea groups is 1. The summed E-state index contributed by atoms with van der Waals surface area (Å²) >= 11 is 0. The average molecular weight is 498 g/mol. The van der Waals surface area contributed by atoms with Gasteiger partial charge in [-0.15, -0.1) is 0 Å². The third-order valence-electron chi connectivity index (χ3n) is 5.77. The maximum atomic E-state index is 13.7. The van der Waals surface area contributed by atoms with Gasteiger partial charge in [-0.25, -0.2) is 14.2 Å². The molecule has 1 heterocycles. The van der Waals surface area contributed by atoms with E-state index >= 15 is 0 Å². The molecule has 0 radical (unpaired) electrons. The quantitative estimate of drug-likeness (QED) is 0.244. The lowest BCUT2D eigenvalue weighted by Crippen LogP contribution is -2.20. The van der Waals surface area contributed by atoms with Crippen molar-refractivity contribution in [3.8, 4) is 11.1 Å². The number of pyridine rings is 1. The Kier molecular flexibility index (Phi) is 8.00. The Bertz CT molecular complexity index is 1390. The SMILES string of the molecule is O=C(Nc1ccc(-c2ccc(C(=O)CC(Cc3ccccc3)C(=O)O)cc2)cn1)Nc1ccccc1F. The second-order valence-corrected chi connectivity index (χ2v) is 8.42. The Labute approximate surface area is 213 Å². The fourth-order valence-electron chi connectivity index (χ4n) is 3.81. The van der Waals surface area contributed by atoms with Gasteiger partial charge in [-0.05, 0) is 41.8 Å². The number of amides is 2. The standard InChI is InChI=1S/C29H24FN3O4/c30-24-8-4-5-9-25(24)32-29(37)33-27-15-14-22(18-31-27)20-10-12-21(13-11-20)26(34)17-23(28(35)36)16-19-6-2-1-3-7-19/h1-15,18,23H,16-17H2,(H,35,36)(H2,31,32,33,37). The number of aliphatic carboxylic acids is 1. The molecule has 1 aromatic heterocycles. The molecular weight excluding hydrogens is 473 g/mol. The van der Waals surface area contributed by atoms with Crippen LogP contribution in [-0.2, 0) is 11.2 Å². The second-order valence-electron chi connectivity index (χ2n) is 8.42. The number of halogens is 1. The van der Waals surface area contributed by atoms with Crippen LogP contribution in [0.15, 0.2) is 97.2 Å². The predicted molar refractivity (Wildman–Crippen MR) is 139 cm³/mol. The molecule has 0 aliphatic carbocycles. The minimum atomic E-state index is -1.00. The molecule has 0 saturated heterocycles. The van der Waals surface area contributed by atoms with Crippen LogP contribution in [0.4, 0.5) is 20.7 Å². The number of nitrogens with one attached hydrogen (secondary N) is 2. The number of nitrogens with zero attached hydrogens (tertiary/aromatic N) is 1. The van der Waals surface area contributed by atoms with Crippen LogP contribution in [0.25, 0.3) is 11.1 Å². The molecule has 0 aliphatic heterocycles. The van der Waals surface area contributed by atoms with Crippen molar-refractivity contribution >= 4 is 29.3 Å². The fourth-order valence-corrected chi connectivity index (χ4v) is 3.81. The number of carboxylic acids is 1. The highest BCUT2D eigenvalue weighted by molar-refractivity contribution is 5.99. The molecule has 8 heteroatoms. The molecule has 0 aliphatic rings. The summed E-state index contributed by atoms with van der Waals surface area (Å²) in [6.45, 7) is 0. The Morgan fingerprint density at radius 2 is 1.49 bits per heavy atom. The number of carboxylic acid groups (broad SMARTS) is 1. The van der Waals surface area contributed by atoms with E-state index in [-0.39, 0.29) is 30.1 Å². The van der Waals surface area contributed by atoms with E-state index in [1.165, 1.54) is 18.2 Å². The van der Waals surface area contributed by atoms with Crippen LogP contribution in [0, 0.1) is 11.7 Å². The largest absolute Gasteiger partial charge is 0.481 e. The molecule has 1 unspecified atom stereocenters. The first-order valence-electron chi connectivity index (χ1n) is 11.6. The molecule has 0 saturated carbocycles. The lowest BCUT2D eigenvalue weighted by atomic mass is 9.92. The molecule has 3 aromatic carbocycles. The maximum absolute atomic E-state index is 13.7. The summed E-state index contributed by atoms with van der Waals surface area (Å²) in [6.07, 6.45) is 1.75. The van der Waals surface area contributed by atoms with Gasteiger partial charge in [0, 0.05) is 23.7 Å². The van der Waals surface area contributed by atoms with Crippen molar-refractivity contribution in [1.29, 1.82) is 0 Å². The number of anilines is 2. The van der Waals surface area contributed by atoms with Crippen LogP contribution in [0.2, 0.25) is 0 Å². The van der Waals surface area contributed by atoms with E-state index in [2.05, 4.69) is 15.6 Å². The van der Waals surface area contributed by atoms with Gasteiger partial charge in [-0.1, -0.05) is 66.7 Å². The van der Waals surface area contributed by atoms with Crippen molar-refractivity contribution < 1.29 is 23.9 Å². The van der Waals surface area contributed by atoms with E-state index < -0.39 is 23.7 Å². The molecule has 0 spiro atoms. The summed E-state index contributed by atoms with van der Waals surface area (Å²) < 4.78 is 13.7. The normalized spacial score (nSPS) is 11.4. The molecule has 0 fully saturated rings. The lowest BCUT2D eigenvalue weighted by molar-refractivity contribution is -0.141. The molecule has 37 heavy (non-hydrogen) atoms. The van der Waals surface area contributed by atoms with Crippen LogP contribution < -0.4 is 10.6 Å². The first kappa shape index (κ1) is 25.2. The number of Topliss-reactive ketones (excluding diaryl/α,β-unsaturated/α-hetero) is 1. The van der Waals surface area contributed by atoms with E-state index in [0.29, 0.717) is 5.56 Å². The minimum Gasteiger partial charge on any atom is -0.481 e. The number of carbonyl (C=O) groups is 3. The van der Waals surface area contributed by atoms with Crippen molar-refractivity contribution in [3.63, 3.8) is 0 Å². The summed E-state index contributed by atoms with van der Waals surface area (Å²) in [6, 6.07) is 24.6. The summed E-state index contributed by atoms with van der Waals surface area (Å²) in [4.78, 5) is 40.8. The summed E-state index contributed by atoms with van der Waals surface area (Å²) in [5.74, 6) is -2.32. The van der Waals surface area contributed by atoms with E-state index in [1.807, 2.05) is 30.3 Å². The lowest BCUT2D eigenvalue weighted by Gasteiger charge is -2.12. The van der Waals surface area contributed by atoms with E-state index in [0.717, 1.165) is 16.7 Å². The summed E-state index contributed by atoms with van der Waals surface area (Å²) in [5.41, 5.74) is 2.91. The van der Waals surface area contributed by atoms with Crippen molar-refractivity contribution in [1.82, 2.24) is 4.98 Å². The van der Waals surface area contributed by atoms with Gasteiger partial charge in [-0.3, -0.25) is 14.9 Å². The van der Waals surface area contributed by atoms with Gasteiger partial charge in [0.25, 0.3) is 0 Å². The van der Waals surface area contributed by atoms with Gasteiger partial charge < -0.3 is 10.4 Å². The Hall–Kier alpha value is -4.85. The third-order valence-corrected chi connectivity index (χ3v) is 5.77. The zero-order valence-corrected chi connectivity index (χ0v) is 19.7. The minimum absolute atomic E-state index is 0.0565. The van der Waals surface area contributed by atoms with Gasteiger partial charge in [0.1, 0.15) is 11.6 Å². The van der Waals surface area contributed by atoms with Crippen LogP contribution in [0.3, 0.4) is 0 Å². The van der Waals surface area contributed by atoms with E-state index in [1.54, 1.807) is 48.7 Å². The van der Waals surface area contributed by atoms with Gasteiger partial charge >= 0.3 is 12.0 Å². The number of para-hydroxylation sites is 1. The van der Waals surface area contributed by atoms with Crippen LogP contribution >= 0.6 is 0 Å². The van der Waals surface area contributed by atoms with Crippen molar-refractivity contribution in [3.05, 3.63) is 114 Å². The van der Waals surface area contributed by atoms with Crippen molar-refractivity contribution in [2.75, 3.05) is 10.6 Å². The maximum Gasteiger partial charge on any atom is 0.324 e. The van der Waals surface area contributed by atoms with Gasteiger partial charge in [0.2, 0.25) is 0 Å². The Morgan fingerprint density at radius 3 is 2.14 bits per heavy atom. The molecule has 4 rings (SSSR count). The molecule has 7 nitrogen and oxygen atoms in total. The molecular formula is C29H24FN3O4. The average Bonchev–Trinajstić information content (AvgIpc) is 2.90. The number of benzene rings is 3. The highest BCUT2D eigenvalue weighted by Gasteiger charge is 2.22. The van der Waals surface area contributed by atoms with Crippen molar-refractivity contribution in [2.24, 2.45) is 5.92 Å². The fraction of sp³-hybridized carbons (Fsp3) is 0.103. The molecule has 0 bridgehead atoms. The van der Waals surface area contributed by atoms with E-state index in [4.69, 9.17) is 0 Å².